The summed E-state index contributed by atoms with van der Waals surface area (Å²) in [6.45, 7) is 1.79. The molecule has 0 saturated heterocycles. The summed E-state index contributed by atoms with van der Waals surface area (Å²) < 4.78 is 11.0. The quantitative estimate of drug-likeness (QED) is 0.795. The average Bonchev–Trinajstić information content (AvgIpc) is 2.40. The fourth-order valence-electron chi connectivity index (χ4n) is 1.61. The zero-order valence-electron chi connectivity index (χ0n) is 11.0. The molecule has 0 saturated carbocycles. The molecule has 6 heteroatoms. The van der Waals surface area contributed by atoms with Gasteiger partial charge < -0.3 is 14.8 Å². The smallest absolute Gasteiger partial charge is 0.160 e. The van der Waals surface area contributed by atoms with Gasteiger partial charge in [0, 0.05) is 30.8 Å². The van der Waals surface area contributed by atoms with Gasteiger partial charge in [-0.2, -0.15) is 5.26 Å². The summed E-state index contributed by atoms with van der Waals surface area (Å²) in [5, 5.41) is 13.1. The first-order chi connectivity index (χ1) is 8.94. The summed E-state index contributed by atoms with van der Waals surface area (Å²) in [7, 11) is 3.09. The van der Waals surface area contributed by atoms with Crippen LogP contribution in [-0.4, -0.2) is 26.0 Å². The molecule has 1 aromatic rings. The van der Waals surface area contributed by atoms with Gasteiger partial charge in [-0.1, -0.05) is 11.6 Å². The van der Waals surface area contributed by atoms with Crippen molar-refractivity contribution < 1.29 is 9.47 Å². The standard InChI is InChI=1S/C13H16BrClN2O2/c1-13(8-16,7-12(18-2)19-3)17-9-4-5-11(15)10(14)6-9/h4-6,12,17H,7H2,1-3H3. The van der Waals surface area contributed by atoms with Crippen molar-refractivity contribution in [2.75, 3.05) is 19.5 Å². The molecule has 1 aromatic carbocycles. The van der Waals surface area contributed by atoms with E-state index in [0.29, 0.717) is 11.4 Å². The van der Waals surface area contributed by atoms with Gasteiger partial charge in [-0.05, 0) is 41.1 Å². The first-order valence-corrected chi connectivity index (χ1v) is 6.81. The van der Waals surface area contributed by atoms with E-state index in [4.69, 9.17) is 21.1 Å². The number of nitrogens with zero attached hydrogens (tertiary/aromatic N) is 1. The summed E-state index contributed by atoms with van der Waals surface area (Å²) in [4.78, 5) is 0. The maximum Gasteiger partial charge on any atom is 0.160 e. The number of nitrogens with one attached hydrogen (secondary N) is 1. The van der Waals surface area contributed by atoms with E-state index in [1.54, 1.807) is 27.2 Å². The molecule has 0 aliphatic carbocycles. The molecule has 0 aliphatic heterocycles. The van der Waals surface area contributed by atoms with Gasteiger partial charge in [-0.3, -0.25) is 0 Å². The van der Waals surface area contributed by atoms with E-state index in [2.05, 4.69) is 27.3 Å². The van der Waals surface area contributed by atoms with Crippen LogP contribution in [0.2, 0.25) is 5.02 Å². The predicted octanol–water partition coefficient (Wildman–Crippen LogP) is 3.81. The lowest BCUT2D eigenvalue weighted by atomic mass is 9.99. The lowest BCUT2D eigenvalue weighted by Crippen LogP contribution is -2.38. The van der Waals surface area contributed by atoms with Crippen LogP contribution in [0, 0.1) is 11.3 Å². The highest BCUT2D eigenvalue weighted by molar-refractivity contribution is 9.10. The first-order valence-electron chi connectivity index (χ1n) is 5.64. The van der Waals surface area contributed by atoms with Gasteiger partial charge >= 0.3 is 0 Å². The topological polar surface area (TPSA) is 54.3 Å². The third-order valence-corrected chi connectivity index (χ3v) is 3.90. The molecule has 1 atom stereocenters. The number of benzene rings is 1. The molecule has 0 heterocycles. The van der Waals surface area contributed by atoms with Crippen molar-refractivity contribution in [3.05, 3.63) is 27.7 Å². The maximum atomic E-state index is 9.35. The molecule has 1 unspecified atom stereocenters. The van der Waals surface area contributed by atoms with Gasteiger partial charge in [0.1, 0.15) is 5.54 Å². The van der Waals surface area contributed by atoms with Crippen molar-refractivity contribution in [3.63, 3.8) is 0 Å². The first kappa shape index (κ1) is 16.3. The number of halogens is 2. The molecule has 0 radical (unpaired) electrons. The predicted molar refractivity (Wildman–Crippen MR) is 79.2 cm³/mol. The Labute approximate surface area is 126 Å². The molecule has 0 spiro atoms. The van der Waals surface area contributed by atoms with Crippen LogP contribution in [0.1, 0.15) is 13.3 Å². The maximum absolute atomic E-state index is 9.35. The molecule has 0 aromatic heterocycles. The number of rotatable bonds is 6. The molecule has 0 fully saturated rings. The van der Waals surface area contributed by atoms with Crippen LogP contribution in [-0.2, 0) is 9.47 Å². The van der Waals surface area contributed by atoms with E-state index in [0.717, 1.165) is 10.2 Å². The van der Waals surface area contributed by atoms with Crippen molar-refractivity contribution in [3.8, 4) is 6.07 Å². The third kappa shape index (κ3) is 4.66. The van der Waals surface area contributed by atoms with Gasteiger partial charge in [0.05, 0.1) is 11.1 Å². The van der Waals surface area contributed by atoms with Crippen molar-refractivity contribution in [2.45, 2.75) is 25.2 Å². The summed E-state index contributed by atoms with van der Waals surface area (Å²) in [5.41, 5.74) is -0.00415. The number of hydrogen-bond donors (Lipinski definition) is 1. The molecule has 104 valence electrons. The molecule has 4 nitrogen and oxygen atoms in total. The van der Waals surface area contributed by atoms with E-state index in [1.165, 1.54) is 0 Å². The normalized spacial score (nSPS) is 13.9. The number of nitriles is 1. The Morgan fingerprint density at radius 2 is 2.11 bits per heavy atom. The highest BCUT2D eigenvalue weighted by Gasteiger charge is 2.28. The summed E-state index contributed by atoms with van der Waals surface area (Å²) in [6.07, 6.45) is -0.0376. The van der Waals surface area contributed by atoms with Crippen molar-refractivity contribution in [1.82, 2.24) is 0 Å². The lowest BCUT2D eigenvalue weighted by Gasteiger charge is -2.28. The monoisotopic (exact) mass is 346 g/mol. The fraction of sp³-hybridized carbons (Fsp3) is 0.462. The van der Waals surface area contributed by atoms with E-state index in [-0.39, 0.29) is 0 Å². The van der Waals surface area contributed by atoms with Crippen LogP contribution >= 0.6 is 27.5 Å². The molecule has 0 bridgehead atoms. The Kier molecular flexibility index (Phi) is 6.08. The SMILES string of the molecule is COC(CC(C)(C#N)Nc1ccc(Cl)c(Br)c1)OC. The largest absolute Gasteiger partial charge is 0.367 e. The van der Waals surface area contributed by atoms with Gasteiger partial charge in [0.15, 0.2) is 6.29 Å². The molecule has 1 rings (SSSR count). The Bertz CT molecular complexity index is 474. The Balaban J connectivity index is 2.85. The highest BCUT2D eigenvalue weighted by atomic mass is 79.9. The van der Waals surface area contributed by atoms with Crippen molar-refractivity contribution in [1.29, 1.82) is 5.26 Å². The Morgan fingerprint density at radius 1 is 1.47 bits per heavy atom. The minimum atomic E-state index is -0.802. The van der Waals surface area contributed by atoms with Crippen LogP contribution in [0.4, 0.5) is 5.69 Å². The van der Waals surface area contributed by atoms with Crippen LogP contribution in [0.25, 0.3) is 0 Å². The minimum absolute atomic E-state index is 0.400. The zero-order chi connectivity index (χ0) is 14.5. The molecule has 19 heavy (non-hydrogen) atoms. The van der Waals surface area contributed by atoms with Gasteiger partial charge in [0.25, 0.3) is 0 Å². The Morgan fingerprint density at radius 3 is 2.58 bits per heavy atom. The van der Waals surface area contributed by atoms with Crippen LogP contribution in [0.3, 0.4) is 0 Å². The number of anilines is 1. The fourth-order valence-corrected chi connectivity index (χ4v) is 2.11. The molecule has 1 N–H and O–H groups in total. The average molecular weight is 348 g/mol. The lowest BCUT2D eigenvalue weighted by molar-refractivity contribution is -0.110. The highest BCUT2D eigenvalue weighted by Crippen LogP contribution is 2.28. The minimum Gasteiger partial charge on any atom is -0.367 e. The molecule has 0 amide bonds. The molecule has 0 aliphatic rings. The van der Waals surface area contributed by atoms with E-state index in [1.807, 2.05) is 12.1 Å². The zero-order valence-corrected chi connectivity index (χ0v) is 13.4. The second-order valence-corrected chi connectivity index (χ2v) is 5.56. The van der Waals surface area contributed by atoms with Gasteiger partial charge in [-0.15, -0.1) is 0 Å². The van der Waals surface area contributed by atoms with Crippen LogP contribution < -0.4 is 5.32 Å². The van der Waals surface area contributed by atoms with E-state index < -0.39 is 11.8 Å². The van der Waals surface area contributed by atoms with Gasteiger partial charge in [0.2, 0.25) is 0 Å². The summed E-state index contributed by atoms with van der Waals surface area (Å²) >= 11 is 9.28. The van der Waals surface area contributed by atoms with Crippen molar-refractivity contribution >= 4 is 33.2 Å². The molecular weight excluding hydrogens is 332 g/mol. The number of methoxy groups -OCH3 is 2. The summed E-state index contributed by atoms with van der Waals surface area (Å²) in [6, 6.07) is 7.64. The summed E-state index contributed by atoms with van der Waals surface area (Å²) in [5.74, 6) is 0. The van der Waals surface area contributed by atoms with Crippen molar-refractivity contribution in [2.24, 2.45) is 0 Å². The van der Waals surface area contributed by atoms with Crippen LogP contribution in [0.15, 0.2) is 22.7 Å². The van der Waals surface area contributed by atoms with E-state index in [9.17, 15) is 5.26 Å². The third-order valence-electron chi connectivity index (χ3n) is 2.69. The molecular formula is C13H16BrClN2O2. The van der Waals surface area contributed by atoms with Gasteiger partial charge in [-0.25, -0.2) is 0 Å². The van der Waals surface area contributed by atoms with E-state index >= 15 is 0 Å². The number of hydrogen-bond acceptors (Lipinski definition) is 4. The second kappa shape index (κ2) is 7.11. The number of ether oxygens (including phenoxy) is 2. The Hall–Kier alpha value is -0.800. The second-order valence-electron chi connectivity index (χ2n) is 4.30. The van der Waals surface area contributed by atoms with Crippen LogP contribution in [0.5, 0.6) is 0 Å².